The van der Waals surface area contributed by atoms with E-state index in [1.807, 2.05) is 13.8 Å². The zero-order valence-corrected chi connectivity index (χ0v) is 17.0. The van der Waals surface area contributed by atoms with E-state index in [9.17, 15) is 14.0 Å². The van der Waals surface area contributed by atoms with Gasteiger partial charge in [0.05, 0.1) is 7.11 Å². The number of amides is 2. The lowest BCUT2D eigenvalue weighted by atomic mass is 10.0. The van der Waals surface area contributed by atoms with E-state index in [1.165, 1.54) is 12.1 Å². The zero-order chi connectivity index (χ0) is 20.0. The third-order valence-electron chi connectivity index (χ3n) is 4.05. The second-order valence-corrected chi connectivity index (χ2v) is 7.23. The first kappa shape index (κ1) is 20.9. The molecule has 2 aromatic carbocycles. The van der Waals surface area contributed by atoms with Gasteiger partial charge in [-0.3, -0.25) is 9.59 Å². The Balaban J connectivity index is 2.03. The van der Waals surface area contributed by atoms with E-state index in [0.29, 0.717) is 21.3 Å². The monoisotopic (exact) mass is 436 g/mol. The van der Waals surface area contributed by atoms with Crippen LogP contribution in [0.15, 0.2) is 46.9 Å². The number of carbonyl (C=O) groups excluding carboxylic acids is 2. The maximum absolute atomic E-state index is 13.4. The molecule has 2 N–H and O–H groups in total. The molecule has 2 aromatic rings. The number of hydrogen-bond donors (Lipinski definition) is 2. The third kappa shape index (κ3) is 5.79. The summed E-state index contributed by atoms with van der Waals surface area (Å²) in [6, 6.07) is 10.2. The summed E-state index contributed by atoms with van der Waals surface area (Å²) in [5, 5.41) is 5.51. The smallest absolute Gasteiger partial charge is 0.251 e. The Bertz CT molecular complexity index is 809. The topological polar surface area (TPSA) is 67.4 Å². The van der Waals surface area contributed by atoms with Gasteiger partial charge in [-0.2, -0.15) is 0 Å². The van der Waals surface area contributed by atoms with Gasteiger partial charge >= 0.3 is 0 Å². The number of hydrogen-bond acceptors (Lipinski definition) is 3. The van der Waals surface area contributed by atoms with Gasteiger partial charge in [0.2, 0.25) is 5.91 Å². The van der Waals surface area contributed by atoms with Gasteiger partial charge in [-0.05, 0) is 53.9 Å². The van der Waals surface area contributed by atoms with Gasteiger partial charge in [0.25, 0.3) is 5.91 Å². The summed E-state index contributed by atoms with van der Waals surface area (Å²) in [6.07, 6.45) is 0. The molecule has 1 unspecified atom stereocenters. The molecule has 27 heavy (non-hydrogen) atoms. The van der Waals surface area contributed by atoms with E-state index in [2.05, 4.69) is 26.6 Å². The fraction of sp³-hybridized carbons (Fsp3) is 0.300. The number of ether oxygens (including phenoxy) is 1. The van der Waals surface area contributed by atoms with Crippen molar-refractivity contribution in [1.82, 2.24) is 10.6 Å². The number of halogens is 2. The predicted molar refractivity (Wildman–Crippen MR) is 105 cm³/mol. The number of rotatable bonds is 7. The number of benzene rings is 2. The fourth-order valence-corrected chi connectivity index (χ4v) is 2.86. The van der Waals surface area contributed by atoms with Gasteiger partial charge in [0.1, 0.15) is 17.6 Å². The molecule has 2 amide bonds. The van der Waals surface area contributed by atoms with Gasteiger partial charge in [-0.1, -0.05) is 29.8 Å². The van der Waals surface area contributed by atoms with E-state index in [4.69, 9.17) is 4.74 Å². The van der Waals surface area contributed by atoms with Crippen molar-refractivity contribution in [3.05, 3.63) is 63.9 Å². The van der Waals surface area contributed by atoms with Crippen molar-refractivity contribution in [1.29, 1.82) is 0 Å². The molecule has 0 heterocycles. The number of nitrogens with one attached hydrogen (secondary N) is 2. The fourth-order valence-electron chi connectivity index (χ4n) is 2.47. The van der Waals surface area contributed by atoms with Crippen LogP contribution < -0.4 is 15.4 Å². The van der Waals surface area contributed by atoms with Gasteiger partial charge in [-0.15, -0.1) is 0 Å². The molecule has 0 saturated carbocycles. The highest BCUT2D eigenvalue weighted by molar-refractivity contribution is 9.10. The van der Waals surface area contributed by atoms with Crippen LogP contribution in [-0.4, -0.2) is 25.0 Å². The SMILES string of the molecule is COc1ccc(C(=O)NC(C(=O)NCc2cc(F)ccc2Br)C(C)C)cc1. The molecule has 2 rings (SSSR count). The lowest BCUT2D eigenvalue weighted by molar-refractivity contribution is -0.124. The highest BCUT2D eigenvalue weighted by atomic mass is 79.9. The molecule has 0 fully saturated rings. The highest BCUT2D eigenvalue weighted by Crippen LogP contribution is 2.18. The molecule has 0 aromatic heterocycles. The molecule has 7 heteroatoms. The zero-order valence-electron chi connectivity index (χ0n) is 15.4. The normalized spacial score (nSPS) is 11.8. The lowest BCUT2D eigenvalue weighted by Gasteiger charge is -2.22. The molecule has 0 aliphatic heterocycles. The van der Waals surface area contributed by atoms with Crippen molar-refractivity contribution in [2.45, 2.75) is 26.4 Å². The molecule has 144 valence electrons. The largest absolute Gasteiger partial charge is 0.497 e. The second kappa shape index (κ2) is 9.50. The van der Waals surface area contributed by atoms with Gasteiger partial charge < -0.3 is 15.4 Å². The third-order valence-corrected chi connectivity index (χ3v) is 4.82. The first-order valence-corrected chi connectivity index (χ1v) is 9.27. The first-order valence-electron chi connectivity index (χ1n) is 8.48. The van der Waals surface area contributed by atoms with Crippen LogP contribution >= 0.6 is 15.9 Å². The van der Waals surface area contributed by atoms with Crippen molar-refractivity contribution < 1.29 is 18.7 Å². The molecular weight excluding hydrogens is 415 g/mol. The average molecular weight is 437 g/mol. The number of methoxy groups -OCH3 is 1. The van der Waals surface area contributed by atoms with Gasteiger partial charge in [0, 0.05) is 16.6 Å². The van der Waals surface area contributed by atoms with Crippen molar-refractivity contribution in [2.75, 3.05) is 7.11 Å². The van der Waals surface area contributed by atoms with Crippen LogP contribution in [-0.2, 0) is 11.3 Å². The summed E-state index contributed by atoms with van der Waals surface area (Å²) in [6.45, 7) is 3.84. The minimum atomic E-state index is -0.716. The summed E-state index contributed by atoms with van der Waals surface area (Å²) < 4.78 is 19.1. The van der Waals surface area contributed by atoms with Crippen LogP contribution in [0.3, 0.4) is 0 Å². The minimum absolute atomic E-state index is 0.122. The van der Waals surface area contributed by atoms with E-state index in [0.717, 1.165) is 0 Å². The molecule has 0 saturated heterocycles. The molecule has 0 radical (unpaired) electrons. The maximum Gasteiger partial charge on any atom is 0.251 e. The van der Waals surface area contributed by atoms with E-state index < -0.39 is 6.04 Å². The summed E-state index contributed by atoms with van der Waals surface area (Å²) >= 11 is 3.33. The van der Waals surface area contributed by atoms with Crippen LogP contribution in [0, 0.1) is 11.7 Å². The Labute approximate surface area is 166 Å². The first-order chi connectivity index (χ1) is 12.8. The van der Waals surface area contributed by atoms with E-state index in [1.54, 1.807) is 37.4 Å². The van der Waals surface area contributed by atoms with Crippen molar-refractivity contribution >= 4 is 27.7 Å². The Morgan fingerprint density at radius 1 is 1.15 bits per heavy atom. The molecule has 0 aliphatic rings. The Kier molecular flexibility index (Phi) is 7.36. The summed E-state index contributed by atoms with van der Waals surface area (Å²) in [5.41, 5.74) is 1.05. The second-order valence-electron chi connectivity index (χ2n) is 6.38. The molecule has 5 nitrogen and oxygen atoms in total. The van der Waals surface area contributed by atoms with Gasteiger partial charge in [-0.25, -0.2) is 4.39 Å². The van der Waals surface area contributed by atoms with Crippen LogP contribution in [0.5, 0.6) is 5.75 Å². The van der Waals surface area contributed by atoms with E-state index in [-0.39, 0.29) is 30.1 Å². The van der Waals surface area contributed by atoms with Crippen LogP contribution in [0.25, 0.3) is 0 Å². The Morgan fingerprint density at radius 3 is 2.41 bits per heavy atom. The minimum Gasteiger partial charge on any atom is -0.497 e. The van der Waals surface area contributed by atoms with Crippen molar-refractivity contribution in [3.8, 4) is 5.75 Å². The lowest BCUT2D eigenvalue weighted by Crippen LogP contribution is -2.49. The molecule has 0 bridgehead atoms. The quantitative estimate of drug-likeness (QED) is 0.695. The maximum atomic E-state index is 13.4. The average Bonchev–Trinajstić information content (AvgIpc) is 2.66. The van der Waals surface area contributed by atoms with Crippen LogP contribution in [0.2, 0.25) is 0 Å². The highest BCUT2D eigenvalue weighted by Gasteiger charge is 2.24. The standard InChI is InChI=1S/C20H22BrFN2O3/c1-12(2)18(24-19(25)13-4-7-16(27-3)8-5-13)20(26)23-11-14-10-15(22)6-9-17(14)21/h4-10,12,18H,11H2,1-3H3,(H,23,26)(H,24,25). The molecule has 1 atom stereocenters. The van der Waals surface area contributed by atoms with Crippen molar-refractivity contribution in [2.24, 2.45) is 5.92 Å². The van der Waals surface area contributed by atoms with E-state index >= 15 is 0 Å². The summed E-state index contributed by atoms with van der Waals surface area (Å²) in [4.78, 5) is 25.0. The molecule has 0 aliphatic carbocycles. The van der Waals surface area contributed by atoms with Crippen LogP contribution in [0.4, 0.5) is 4.39 Å². The summed E-state index contributed by atoms with van der Waals surface area (Å²) in [7, 11) is 1.55. The molecular formula is C20H22BrFN2O3. The number of carbonyl (C=O) groups is 2. The van der Waals surface area contributed by atoms with Crippen molar-refractivity contribution in [3.63, 3.8) is 0 Å². The molecule has 0 spiro atoms. The van der Waals surface area contributed by atoms with Gasteiger partial charge in [0.15, 0.2) is 0 Å². The summed E-state index contributed by atoms with van der Waals surface area (Å²) in [5.74, 6) is -0.536. The Morgan fingerprint density at radius 2 is 1.81 bits per heavy atom. The van der Waals surface area contributed by atoms with Crippen LogP contribution in [0.1, 0.15) is 29.8 Å². The predicted octanol–water partition coefficient (Wildman–Crippen LogP) is 3.67. The Hall–Kier alpha value is -2.41.